The molecule has 4 atom stereocenters. The monoisotopic (exact) mass is 924 g/mol. The predicted octanol–water partition coefficient (Wildman–Crippen LogP) is 15.5. The van der Waals surface area contributed by atoms with Crippen molar-refractivity contribution in [2.45, 2.75) is 193 Å². The van der Waals surface area contributed by atoms with E-state index >= 15 is 0 Å². The molecule has 1 fully saturated rings. The number of aryl methyl sites for hydroxylation is 1. The van der Waals surface area contributed by atoms with Gasteiger partial charge in [0.2, 0.25) is 0 Å². The zero-order valence-electron chi connectivity index (χ0n) is 45.6. The quantitative estimate of drug-likeness (QED) is 0.160. The molecule has 4 heteroatoms. The van der Waals surface area contributed by atoms with E-state index < -0.39 is 0 Å². The van der Waals surface area contributed by atoms with E-state index in [0.29, 0.717) is 0 Å². The second-order valence-corrected chi connectivity index (χ2v) is 27.7. The summed E-state index contributed by atoms with van der Waals surface area (Å²) in [5.41, 5.74) is 24.7. The summed E-state index contributed by atoms with van der Waals surface area (Å²) in [6, 6.07) is 44.9. The molecule has 4 heterocycles. The van der Waals surface area contributed by atoms with E-state index in [0.717, 1.165) is 19.3 Å². The minimum atomic E-state index is -0.339. The summed E-state index contributed by atoms with van der Waals surface area (Å²) >= 11 is 0. The third-order valence-corrected chi connectivity index (χ3v) is 19.6. The Balaban J connectivity index is 1.25. The Morgan fingerprint density at radius 3 is 1.79 bits per heavy atom. The largest absolute Gasteiger partial charge is 0.334 e. The number of hydrogen-bond donors (Lipinski definition) is 0. The van der Waals surface area contributed by atoms with Crippen molar-refractivity contribution in [3.8, 4) is 0 Å². The van der Waals surface area contributed by atoms with Crippen molar-refractivity contribution >= 4 is 62.9 Å². The van der Waals surface area contributed by atoms with E-state index in [4.69, 9.17) is 0 Å². The summed E-state index contributed by atoms with van der Waals surface area (Å²) in [7, 11) is 0. The zero-order chi connectivity index (χ0) is 49.7. The minimum absolute atomic E-state index is 0.00389. The molecule has 0 spiro atoms. The lowest BCUT2D eigenvalue weighted by atomic mass is 9.33. The lowest BCUT2D eigenvalue weighted by molar-refractivity contribution is 0.195. The second-order valence-electron chi connectivity index (χ2n) is 27.7. The summed E-state index contributed by atoms with van der Waals surface area (Å²) in [5, 5.41) is 0. The van der Waals surface area contributed by atoms with Crippen LogP contribution < -0.4 is 31.1 Å². The van der Waals surface area contributed by atoms with E-state index in [-0.39, 0.29) is 50.3 Å². The van der Waals surface area contributed by atoms with Gasteiger partial charge in [-0.3, -0.25) is 0 Å². The predicted molar refractivity (Wildman–Crippen MR) is 301 cm³/mol. The van der Waals surface area contributed by atoms with Crippen molar-refractivity contribution in [1.82, 2.24) is 0 Å². The first-order valence-corrected chi connectivity index (χ1v) is 27.0. The van der Waals surface area contributed by atoms with Gasteiger partial charge in [-0.25, -0.2) is 0 Å². The molecule has 4 unspecified atom stereocenters. The second kappa shape index (κ2) is 14.3. The molecule has 0 aromatic heterocycles. The zero-order valence-corrected chi connectivity index (χ0v) is 45.6. The molecule has 6 aromatic carbocycles. The Kier molecular flexibility index (Phi) is 9.35. The van der Waals surface area contributed by atoms with Crippen molar-refractivity contribution in [3.63, 3.8) is 0 Å². The van der Waals surface area contributed by atoms with Gasteiger partial charge in [0.1, 0.15) is 0 Å². The van der Waals surface area contributed by atoms with Crippen LogP contribution in [0.2, 0.25) is 0 Å². The van der Waals surface area contributed by atoms with Crippen LogP contribution in [-0.2, 0) is 44.4 Å². The smallest absolute Gasteiger partial charge is 0.252 e. The first-order valence-electron chi connectivity index (χ1n) is 27.0. The van der Waals surface area contributed by atoms with E-state index in [1.54, 1.807) is 0 Å². The number of nitrogens with zero attached hydrogens (tertiary/aromatic N) is 3. The summed E-state index contributed by atoms with van der Waals surface area (Å²) < 4.78 is 0. The number of anilines is 7. The fraction of sp³-hybridized carbons (Fsp3) is 0.455. The van der Waals surface area contributed by atoms with Gasteiger partial charge in [0.25, 0.3) is 6.71 Å². The van der Waals surface area contributed by atoms with E-state index in [2.05, 4.69) is 235 Å². The van der Waals surface area contributed by atoms with Crippen LogP contribution in [0.4, 0.5) is 39.8 Å². The van der Waals surface area contributed by atoms with Gasteiger partial charge in [0, 0.05) is 50.6 Å². The van der Waals surface area contributed by atoms with Crippen LogP contribution in [-0.4, -0.2) is 12.3 Å². The lowest BCUT2D eigenvalue weighted by Gasteiger charge is -2.54. The molecule has 0 amide bonds. The highest BCUT2D eigenvalue weighted by Crippen LogP contribution is 2.67. The summed E-state index contributed by atoms with van der Waals surface area (Å²) in [4.78, 5) is 8.52. The van der Waals surface area contributed by atoms with Gasteiger partial charge in [-0.15, -0.1) is 0 Å². The molecule has 2 aliphatic carbocycles. The number of rotatable bonds is 2. The number of benzene rings is 6. The molecular weight excluding hydrogens is 846 g/mol. The van der Waals surface area contributed by atoms with E-state index in [9.17, 15) is 0 Å². The van der Waals surface area contributed by atoms with Crippen LogP contribution in [0.5, 0.6) is 0 Å². The van der Waals surface area contributed by atoms with Crippen LogP contribution in [0, 0.1) is 0 Å². The average Bonchev–Trinajstić information content (AvgIpc) is 3.64. The molecule has 6 aromatic rings. The SMILES string of the molecule is CC(C)(C)c1cccc(N2c3cc(C(C)(C)C)ccc3B3c4cc(C(C)(C)C)cc5c4N(c4cc(N6c7ccc(C(C)(C)C)cc7C7(C)CCCCC67C)cc2c43)C2(C)c3ccccc3CCC52C)c1. The summed E-state index contributed by atoms with van der Waals surface area (Å²) in [6.07, 6.45) is 7.04. The molecule has 0 radical (unpaired) electrons. The normalized spacial score (nSPS) is 25.2. The van der Waals surface area contributed by atoms with Gasteiger partial charge < -0.3 is 14.7 Å². The standard InChI is InChI=1S/C66H78BN3/c1-59(2,3)42-23-21-24-46(34-42)68-54-38-44(61(7,8)9)26-28-51(54)67-52-37-45(62(10,11)12)36-50-58(52)70(66(16)48-25-18-17-22-41(48)30-33-64(50,66)14)56-40-47(39-55(68)57(56)67)69-53-29-27-43(60(4,5)6)35-49(53)63(13)31-19-20-32-65(63,69)15/h17-18,21-29,34-40H,19-20,30-33H2,1-16H3. The van der Waals surface area contributed by atoms with Crippen molar-refractivity contribution in [3.05, 3.63) is 154 Å². The fourth-order valence-corrected chi connectivity index (χ4v) is 14.9. The van der Waals surface area contributed by atoms with Crippen molar-refractivity contribution in [1.29, 1.82) is 0 Å². The van der Waals surface area contributed by atoms with Crippen molar-refractivity contribution in [2.24, 2.45) is 0 Å². The van der Waals surface area contributed by atoms with Gasteiger partial charge in [-0.05, 0) is 158 Å². The Morgan fingerprint density at radius 1 is 0.443 bits per heavy atom. The average molecular weight is 924 g/mol. The van der Waals surface area contributed by atoms with Crippen LogP contribution in [0.3, 0.4) is 0 Å². The van der Waals surface area contributed by atoms with Crippen LogP contribution in [0.15, 0.2) is 109 Å². The Morgan fingerprint density at radius 2 is 1.07 bits per heavy atom. The lowest BCUT2D eigenvalue weighted by Crippen LogP contribution is -2.64. The summed E-state index contributed by atoms with van der Waals surface area (Å²) in [5.74, 6) is 0. The fourth-order valence-electron chi connectivity index (χ4n) is 14.9. The molecular formula is C66H78BN3. The van der Waals surface area contributed by atoms with Gasteiger partial charge >= 0.3 is 0 Å². The highest BCUT2D eigenvalue weighted by molar-refractivity contribution is 7.00. The number of fused-ring (bicyclic) bond motifs is 12. The van der Waals surface area contributed by atoms with E-state index in [1.807, 2.05) is 0 Å². The topological polar surface area (TPSA) is 9.72 Å². The Labute approximate surface area is 422 Å². The minimum Gasteiger partial charge on any atom is -0.334 e. The first kappa shape index (κ1) is 45.9. The molecule has 3 nitrogen and oxygen atoms in total. The molecule has 4 aliphatic heterocycles. The third-order valence-electron chi connectivity index (χ3n) is 19.6. The Hall–Kier alpha value is -5.22. The van der Waals surface area contributed by atoms with Crippen LogP contribution in [0.25, 0.3) is 0 Å². The molecule has 0 N–H and O–H groups in total. The maximum absolute atomic E-state index is 2.93. The third kappa shape index (κ3) is 5.95. The highest BCUT2D eigenvalue weighted by Gasteiger charge is 2.64. The van der Waals surface area contributed by atoms with Crippen molar-refractivity contribution in [2.75, 3.05) is 14.7 Å². The van der Waals surface area contributed by atoms with Crippen molar-refractivity contribution < 1.29 is 0 Å². The maximum atomic E-state index is 2.93. The van der Waals surface area contributed by atoms with Gasteiger partial charge in [0.05, 0.1) is 11.1 Å². The highest BCUT2D eigenvalue weighted by atomic mass is 15.3. The number of hydrogen-bond acceptors (Lipinski definition) is 3. The molecule has 0 bridgehead atoms. The van der Waals surface area contributed by atoms with Gasteiger partial charge in [0.15, 0.2) is 0 Å². The van der Waals surface area contributed by atoms with Gasteiger partial charge in [-0.1, -0.05) is 183 Å². The molecule has 1 saturated carbocycles. The maximum Gasteiger partial charge on any atom is 0.252 e. The molecule has 70 heavy (non-hydrogen) atoms. The summed E-state index contributed by atoms with van der Waals surface area (Å²) in [6.45, 7) is 39.2. The molecule has 6 aliphatic rings. The molecule has 0 saturated heterocycles. The van der Waals surface area contributed by atoms with Crippen LogP contribution in [0.1, 0.15) is 187 Å². The molecule has 12 rings (SSSR count). The first-order chi connectivity index (χ1) is 32.7. The molecule has 360 valence electrons. The van der Waals surface area contributed by atoms with Crippen LogP contribution >= 0.6 is 0 Å². The Bertz CT molecular complexity index is 3200. The van der Waals surface area contributed by atoms with E-state index in [1.165, 1.54) is 120 Å². The van der Waals surface area contributed by atoms with Gasteiger partial charge in [-0.2, -0.15) is 0 Å².